The van der Waals surface area contributed by atoms with Gasteiger partial charge in [0.2, 0.25) is 0 Å². The Hall–Kier alpha value is -1.63. The largest absolute Gasteiger partial charge is 1.00 e. The molecule has 5 heteroatoms. The molecule has 112 valence electrons. The van der Waals surface area contributed by atoms with E-state index in [0.717, 1.165) is 16.5 Å². The minimum atomic E-state index is -1.34. The van der Waals surface area contributed by atoms with Crippen LogP contribution in [0.2, 0.25) is 0 Å². The second-order valence-electron chi connectivity index (χ2n) is 5.24. The minimum Gasteiger partial charge on any atom is -0.541 e. The number of carbonyl (C=O) groups is 1. The standard InChI is InChI=1S/C19H13NO3.K/c21-19(22)18-17(14-9-3-4-11-16(14)23-18)20-15-10-5-7-12-6-1-2-8-13(12)15;/h1-11,20H,(H,21,22);/q;+1/p-1. The second-order valence-corrected chi connectivity index (χ2v) is 5.24. The van der Waals surface area contributed by atoms with Crippen molar-refractivity contribution in [2.24, 2.45) is 0 Å². The summed E-state index contributed by atoms with van der Waals surface area (Å²) in [5, 5.41) is 17.4. The average Bonchev–Trinajstić information content (AvgIpc) is 2.94. The molecule has 0 radical (unpaired) electrons. The fourth-order valence-corrected chi connectivity index (χ4v) is 2.78. The first-order valence-corrected chi connectivity index (χ1v) is 7.22. The Kier molecular flexibility index (Phi) is 5.08. The Balaban J connectivity index is 0.00000169. The normalized spacial score (nSPS) is 10.5. The van der Waals surface area contributed by atoms with Gasteiger partial charge in [0.15, 0.2) is 5.76 Å². The van der Waals surface area contributed by atoms with Crippen LogP contribution in [-0.4, -0.2) is 5.97 Å². The van der Waals surface area contributed by atoms with Gasteiger partial charge in [0, 0.05) is 16.5 Å². The van der Waals surface area contributed by atoms with E-state index in [0.29, 0.717) is 16.7 Å². The fourth-order valence-electron chi connectivity index (χ4n) is 2.78. The Morgan fingerprint density at radius 3 is 2.33 bits per heavy atom. The third-order valence-corrected chi connectivity index (χ3v) is 3.83. The second kappa shape index (κ2) is 7.09. The number of rotatable bonds is 3. The van der Waals surface area contributed by atoms with E-state index in [1.807, 2.05) is 54.6 Å². The van der Waals surface area contributed by atoms with Gasteiger partial charge in [0.05, 0.1) is 5.69 Å². The van der Waals surface area contributed by atoms with E-state index in [2.05, 4.69) is 5.32 Å². The maximum Gasteiger partial charge on any atom is 1.00 e. The van der Waals surface area contributed by atoms with Gasteiger partial charge in [-0.25, -0.2) is 0 Å². The molecule has 1 heterocycles. The number of carboxylic acid groups (broad SMARTS) is 1. The van der Waals surface area contributed by atoms with Gasteiger partial charge in [0.1, 0.15) is 11.6 Å². The third-order valence-electron chi connectivity index (χ3n) is 3.83. The number of aromatic carboxylic acids is 1. The summed E-state index contributed by atoms with van der Waals surface area (Å²) in [5.41, 5.74) is 1.74. The van der Waals surface area contributed by atoms with E-state index >= 15 is 0 Å². The third kappa shape index (κ3) is 3.01. The van der Waals surface area contributed by atoms with Crippen molar-refractivity contribution in [1.29, 1.82) is 0 Å². The predicted molar refractivity (Wildman–Crippen MR) is 87.8 cm³/mol. The van der Waals surface area contributed by atoms with E-state index in [1.165, 1.54) is 0 Å². The van der Waals surface area contributed by atoms with Crippen LogP contribution in [0.3, 0.4) is 0 Å². The Morgan fingerprint density at radius 2 is 1.54 bits per heavy atom. The summed E-state index contributed by atoms with van der Waals surface area (Å²) in [5.74, 6) is -1.54. The molecule has 0 aliphatic heterocycles. The molecule has 0 fully saturated rings. The van der Waals surface area contributed by atoms with Crippen LogP contribution in [-0.2, 0) is 0 Å². The van der Waals surface area contributed by atoms with Crippen molar-refractivity contribution in [3.8, 4) is 0 Å². The molecule has 0 atom stereocenters. The van der Waals surface area contributed by atoms with Crippen LogP contribution in [0.25, 0.3) is 21.7 Å². The summed E-state index contributed by atoms with van der Waals surface area (Å²) >= 11 is 0. The van der Waals surface area contributed by atoms with Crippen molar-refractivity contribution in [2.45, 2.75) is 0 Å². The first-order valence-electron chi connectivity index (χ1n) is 7.22. The number of benzene rings is 3. The number of hydrogen-bond acceptors (Lipinski definition) is 4. The van der Waals surface area contributed by atoms with E-state index in [9.17, 15) is 9.90 Å². The number of carboxylic acids is 1. The maximum atomic E-state index is 11.4. The number of nitrogens with one attached hydrogen (secondary N) is 1. The van der Waals surface area contributed by atoms with Gasteiger partial charge in [-0.15, -0.1) is 0 Å². The molecule has 3 aromatic carbocycles. The average molecular weight is 341 g/mol. The molecule has 0 spiro atoms. The number of anilines is 2. The van der Waals surface area contributed by atoms with Gasteiger partial charge < -0.3 is 19.6 Å². The zero-order valence-corrected chi connectivity index (χ0v) is 16.2. The Labute approximate surface area is 180 Å². The molecular weight excluding hydrogens is 329 g/mol. The Morgan fingerprint density at radius 1 is 0.875 bits per heavy atom. The Bertz CT molecular complexity index is 1030. The van der Waals surface area contributed by atoms with Gasteiger partial charge in [-0.2, -0.15) is 0 Å². The molecule has 0 unspecified atom stereocenters. The van der Waals surface area contributed by atoms with Crippen molar-refractivity contribution < 1.29 is 65.7 Å². The molecule has 24 heavy (non-hydrogen) atoms. The topological polar surface area (TPSA) is 65.3 Å². The molecule has 1 aromatic heterocycles. The molecule has 0 aliphatic carbocycles. The number of carbonyl (C=O) groups excluding carboxylic acids is 1. The first-order chi connectivity index (χ1) is 11.2. The van der Waals surface area contributed by atoms with Gasteiger partial charge in [-0.1, -0.05) is 48.5 Å². The zero-order valence-electron chi connectivity index (χ0n) is 13.1. The van der Waals surface area contributed by atoms with E-state index in [4.69, 9.17) is 4.42 Å². The van der Waals surface area contributed by atoms with Crippen LogP contribution in [0.5, 0.6) is 0 Å². The minimum absolute atomic E-state index is 0. The molecule has 1 N–H and O–H groups in total. The number of furan rings is 1. The van der Waals surface area contributed by atoms with Gasteiger partial charge >= 0.3 is 51.4 Å². The van der Waals surface area contributed by atoms with Crippen molar-refractivity contribution in [2.75, 3.05) is 5.32 Å². The number of fused-ring (bicyclic) bond motifs is 2. The van der Waals surface area contributed by atoms with Crippen LogP contribution in [0, 0.1) is 0 Å². The van der Waals surface area contributed by atoms with Crippen LogP contribution in [0.1, 0.15) is 10.6 Å². The van der Waals surface area contributed by atoms with Crippen LogP contribution in [0.15, 0.2) is 71.1 Å². The molecule has 0 saturated heterocycles. The molecule has 0 bridgehead atoms. The smallest absolute Gasteiger partial charge is 0.541 e. The molecular formula is C19H12KNO3. The summed E-state index contributed by atoms with van der Waals surface area (Å²) < 4.78 is 5.42. The summed E-state index contributed by atoms with van der Waals surface area (Å²) in [6, 6.07) is 20.9. The van der Waals surface area contributed by atoms with E-state index < -0.39 is 5.97 Å². The molecule has 0 saturated carbocycles. The van der Waals surface area contributed by atoms with Crippen LogP contribution >= 0.6 is 0 Å². The summed E-state index contributed by atoms with van der Waals surface area (Å²) in [6.45, 7) is 0. The molecule has 0 aliphatic rings. The van der Waals surface area contributed by atoms with Crippen LogP contribution < -0.4 is 61.8 Å². The fraction of sp³-hybridized carbons (Fsp3) is 0. The number of para-hydroxylation sites is 1. The SMILES string of the molecule is O=C([O-])c1oc2ccccc2c1Nc1cccc2ccccc12.[K+]. The number of hydrogen-bond donors (Lipinski definition) is 1. The molecule has 0 amide bonds. The van der Waals surface area contributed by atoms with Crippen molar-refractivity contribution in [3.05, 3.63) is 72.5 Å². The van der Waals surface area contributed by atoms with Crippen molar-refractivity contribution >= 4 is 39.1 Å². The summed E-state index contributed by atoms with van der Waals surface area (Å²) in [4.78, 5) is 11.4. The molecule has 4 nitrogen and oxygen atoms in total. The quantitative estimate of drug-likeness (QED) is 0.557. The summed E-state index contributed by atoms with van der Waals surface area (Å²) in [6.07, 6.45) is 0. The van der Waals surface area contributed by atoms with E-state index in [1.54, 1.807) is 12.1 Å². The van der Waals surface area contributed by atoms with Gasteiger partial charge in [-0.05, 0) is 23.6 Å². The molecule has 4 aromatic rings. The maximum absolute atomic E-state index is 11.4. The molecule has 4 rings (SSSR count). The zero-order chi connectivity index (χ0) is 15.8. The van der Waals surface area contributed by atoms with Crippen LogP contribution in [0.4, 0.5) is 11.4 Å². The van der Waals surface area contributed by atoms with Crippen molar-refractivity contribution in [1.82, 2.24) is 0 Å². The van der Waals surface area contributed by atoms with Gasteiger partial charge in [0.25, 0.3) is 0 Å². The summed E-state index contributed by atoms with van der Waals surface area (Å²) in [7, 11) is 0. The van der Waals surface area contributed by atoms with Crippen molar-refractivity contribution in [3.63, 3.8) is 0 Å². The van der Waals surface area contributed by atoms with Gasteiger partial charge in [-0.3, -0.25) is 0 Å². The van der Waals surface area contributed by atoms with E-state index in [-0.39, 0.29) is 57.1 Å². The monoisotopic (exact) mass is 341 g/mol. The predicted octanol–water partition coefficient (Wildman–Crippen LogP) is 0.697. The first kappa shape index (κ1) is 17.2.